The van der Waals surface area contributed by atoms with E-state index in [1.807, 2.05) is 0 Å². The molecule has 0 atom stereocenters. The minimum absolute atomic E-state index is 1.06. The van der Waals surface area contributed by atoms with Gasteiger partial charge in [-0.1, -0.05) is 78.9 Å². The maximum Gasteiger partial charge on any atom is 0.0708 e. The van der Waals surface area contributed by atoms with Crippen LogP contribution < -0.4 is 0 Å². The molecule has 6 rings (SSSR count). The van der Waals surface area contributed by atoms with E-state index in [0.717, 1.165) is 18.4 Å². The molecule has 1 aromatic heterocycles. The number of benzene rings is 4. The number of hydrogen-bond acceptors (Lipinski definition) is 1. The van der Waals surface area contributed by atoms with E-state index in [0.29, 0.717) is 0 Å². The molecule has 0 fully saturated rings. The van der Waals surface area contributed by atoms with Gasteiger partial charge in [-0.15, -0.1) is 0 Å². The first kappa shape index (κ1) is 16.5. The van der Waals surface area contributed by atoms with Gasteiger partial charge in [0.15, 0.2) is 0 Å². The van der Waals surface area contributed by atoms with Crippen LogP contribution in [0.2, 0.25) is 0 Å². The van der Waals surface area contributed by atoms with Crippen LogP contribution in [0.1, 0.15) is 17.5 Å². The van der Waals surface area contributed by atoms with Gasteiger partial charge in [-0.3, -0.25) is 4.98 Å². The number of rotatable bonds is 2. The molecule has 0 N–H and O–H groups in total. The summed E-state index contributed by atoms with van der Waals surface area (Å²) in [7, 11) is 0. The van der Waals surface area contributed by atoms with Crippen LogP contribution in [-0.4, -0.2) is 4.98 Å². The van der Waals surface area contributed by atoms with Crippen LogP contribution in [-0.2, 0) is 12.8 Å². The third kappa shape index (κ3) is 2.51. The van der Waals surface area contributed by atoms with Gasteiger partial charge in [-0.25, -0.2) is 0 Å². The number of nitrogens with zero attached hydrogens (tertiary/aromatic N) is 1. The predicted octanol–water partition coefficient (Wildman–Crippen LogP) is 7.21. The van der Waals surface area contributed by atoms with Gasteiger partial charge in [0.2, 0.25) is 0 Å². The Labute approximate surface area is 170 Å². The average Bonchev–Trinajstić information content (AvgIpc) is 3.27. The van der Waals surface area contributed by atoms with Crippen molar-refractivity contribution in [2.45, 2.75) is 19.3 Å². The lowest BCUT2D eigenvalue weighted by molar-refractivity contribution is 0.913. The summed E-state index contributed by atoms with van der Waals surface area (Å²) in [6, 6.07) is 30.3. The van der Waals surface area contributed by atoms with E-state index in [2.05, 4.69) is 91.1 Å². The SMILES string of the molecule is c1ccc(-c2c3c(c(-c4ccccc4)c4c2cnc2ccccc24)CCC3)cc1. The molecule has 1 aliphatic rings. The Morgan fingerprint density at radius 3 is 1.86 bits per heavy atom. The number of para-hydroxylation sites is 1. The topological polar surface area (TPSA) is 12.9 Å². The Balaban J connectivity index is 1.87. The number of aromatic nitrogens is 1. The Morgan fingerprint density at radius 1 is 0.552 bits per heavy atom. The van der Waals surface area contributed by atoms with Crippen LogP contribution in [0.15, 0.2) is 91.1 Å². The maximum absolute atomic E-state index is 4.86. The third-order valence-corrected chi connectivity index (χ3v) is 6.24. The summed E-state index contributed by atoms with van der Waals surface area (Å²) in [5.41, 5.74) is 9.50. The third-order valence-electron chi connectivity index (χ3n) is 6.24. The van der Waals surface area contributed by atoms with Crippen molar-refractivity contribution in [1.82, 2.24) is 4.98 Å². The molecule has 29 heavy (non-hydrogen) atoms. The summed E-state index contributed by atoms with van der Waals surface area (Å²) >= 11 is 0. The summed E-state index contributed by atoms with van der Waals surface area (Å²) in [6.45, 7) is 0. The molecule has 5 aromatic rings. The number of fused-ring (bicyclic) bond motifs is 4. The molecule has 4 aromatic carbocycles. The standard InChI is InChI=1S/C28H21N/c1-3-10-19(11-4-1)26-21-15-9-16-22(21)27(20-12-5-2-6-13-20)28-23-14-7-8-17-25(23)29-18-24(26)28/h1-8,10-14,17-18H,9,15-16H2. The molecule has 1 heteroatoms. The van der Waals surface area contributed by atoms with Gasteiger partial charge in [0, 0.05) is 22.4 Å². The smallest absolute Gasteiger partial charge is 0.0708 e. The van der Waals surface area contributed by atoms with Crippen LogP contribution in [0.4, 0.5) is 0 Å². The van der Waals surface area contributed by atoms with Crippen LogP contribution in [0.3, 0.4) is 0 Å². The van der Waals surface area contributed by atoms with Gasteiger partial charge in [-0.05, 0) is 58.7 Å². The van der Waals surface area contributed by atoms with E-state index in [-0.39, 0.29) is 0 Å². The molecule has 0 radical (unpaired) electrons. The molecule has 1 nitrogen and oxygen atoms in total. The van der Waals surface area contributed by atoms with E-state index in [4.69, 9.17) is 4.98 Å². The summed E-state index contributed by atoms with van der Waals surface area (Å²) in [6.07, 6.45) is 5.61. The van der Waals surface area contributed by atoms with E-state index >= 15 is 0 Å². The fraction of sp³-hybridized carbons (Fsp3) is 0.107. The van der Waals surface area contributed by atoms with Gasteiger partial charge in [0.05, 0.1) is 5.52 Å². The summed E-state index contributed by atoms with van der Waals surface area (Å²) in [5.74, 6) is 0. The summed E-state index contributed by atoms with van der Waals surface area (Å²) in [4.78, 5) is 4.86. The Bertz CT molecular complexity index is 1350. The van der Waals surface area contributed by atoms with Crippen molar-refractivity contribution in [3.05, 3.63) is 102 Å². The molecule has 0 unspecified atom stereocenters. The monoisotopic (exact) mass is 371 g/mol. The zero-order valence-corrected chi connectivity index (χ0v) is 16.2. The first-order valence-corrected chi connectivity index (χ1v) is 10.4. The highest BCUT2D eigenvalue weighted by atomic mass is 14.7. The number of hydrogen-bond donors (Lipinski definition) is 0. The van der Waals surface area contributed by atoms with Gasteiger partial charge < -0.3 is 0 Å². The van der Waals surface area contributed by atoms with Gasteiger partial charge in [-0.2, -0.15) is 0 Å². The quantitative estimate of drug-likeness (QED) is 0.299. The molecular weight excluding hydrogens is 350 g/mol. The molecule has 138 valence electrons. The molecule has 1 heterocycles. The molecule has 0 saturated carbocycles. The highest BCUT2D eigenvalue weighted by Gasteiger charge is 2.25. The fourth-order valence-corrected chi connectivity index (χ4v) is 5.07. The summed E-state index contributed by atoms with van der Waals surface area (Å²) < 4.78 is 0. The zero-order valence-electron chi connectivity index (χ0n) is 16.2. The van der Waals surface area contributed by atoms with Crippen molar-refractivity contribution in [1.29, 1.82) is 0 Å². The first-order valence-electron chi connectivity index (χ1n) is 10.4. The van der Waals surface area contributed by atoms with Crippen molar-refractivity contribution >= 4 is 21.7 Å². The van der Waals surface area contributed by atoms with Crippen LogP contribution in [0, 0.1) is 0 Å². The Morgan fingerprint density at radius 2 is 1.14 bits per heavy atom. The van der Waals surface area contributed by atoms with E-state index < -0.39 is 0 Å². The van der Waals surface area contributed by atoms with Crippen molar-refractivity contribution < 1.29 is 0 Å². The van der Waals surface area contributed by atoms with E-state index in [1.165, 1.54) is 56.0 Å². The minimum Gasteiger partial charge on any atom is -0.256 e. The molecule has 0 spiro atoms. The van der Waals surface area contributed by atoms with Gasteiger partial charge in [0.25, 0.3) is 0 Å². The molecular formula is C28H21N. The fourth-order valence-electron chi connectivity index (χ4n) is 5.07. The van der Waals surface area contributed by atoms with Crippen LogP contribution in [0.5, 0.6) is 0 Å². The predicted molar refractivity (Wildman–Crippen MR) is 122 cm³/mol. The highest BCUT2D eigenvalue weighted by molar-refractivity contribution is 6.18. The van der Waals surface area contributed by atoms with Gasteiger partial charge in [0.1, 0.15) is 0 Å². The summed E-state index contributed by atoms with van der Waals surface area (Å²) in [5, 5.41) is 3.87. The molecule has 0 bridgehead atoms. The lowest BCUT2D eigenvalue weighted by Gasteiger charge is -2.20. The molecule has 1 aliphatic carbocycles. The van der Waals surface area contributed by atoms with Crippen molar-refractivity contribution in [2.75, 3.05) is 0 Å². The maximum atomic E-state index is 4.86. The number of pyridine rings is 1. The van der Waals surface area contributed by atoms with Crippen molar-refractivity contribution in [2.24, 2.45) is 0 Å². The lowest BCUT2D eigenvalue weighted by atomic mass is 9.84. The molecule has 0 saturated heterocycles. The second-order valence-electron chi connectivity index (χ2n) is 7.86. The van der Waals surface area contributed by atoms with E-state index in [1.54, 1.807) is 0 Å². The highest BCUT2D eigenvalue weighted by Crippen LogP contribution is 2.47. The zero-order chi connectivity index (χ0) is 19.2. The normalized spacial score (nSPS) is 13.1. The second kappa shape index (κ2) is 6.56. The average molecular weight is 371 g/mol. The molecule has 0 aliphatic heterocycles. The van der Waals surface area contributed by atoms with Crippen molar-refractivity contribution in [3.8, 4) is 22.3 Å². The van der Waals surface area contributed by atoms with Crippen LogP contribution in [0.25, 0.3) is 43.9 Å². The van der Waals surface area contributed by atoms with E-state index in [9.17, 15) is 0 Å². The largest absolute Gasteiger partial charge is 0.256 e. The lowest BCUT2D eigenvalue weighted by Crippen LogP contribution is -1.98. The minimum atomic E-state index is 1.06. The molecule has 0 amide bonds. The van der Waals surface area contributed by atoms with Crippen molar-refractivity contribution in [3.63, 3.8) is 0 Å². The second-order valence-corrected chi connectivity index (χ2v) is 7.86. The first-order chi connectivity index (χ1) is 14.4. The Kier molecular flexibility index (Phi) is 3.73. The Hall–Kier alpha value is -3.45. The van der Waals surface area contributed by atoms with Crippen LogP contribution >= 0.6 is 0 Å². The van der Waals surface area contributed by atoms with Gasteiger partial charge >= 0.3 is 0 Å².